The molecular weight excluding hydrogens is 572 g/mol. The van der Waals surface area contributed by atoms with Gasteiger partial charge in [-0.05, 0) is 68.3 Å². The summed E-state index contributed by atoms with van der Waals surface area (Å²) in [5, 5.41) is 6.57. The van der Waals surface area contributed by atoms with E-state index in [1.807, 2.05) is 52.8 Å². The van der Waals surface area contributed by atoms with Crippen LogP contribution in [0.4, 0.5) is 0 Å². The molecule has 2 amide bonds. The zero-order valence-corrected chi connectivity index (χ0v) is 31.9. The third-order valence-electron chi connectivity index (χ3n) is 8.52. The number of ketones is 1. The van der Waals surface area contributed by atoms with Crippen molar-refractivity contribution >= 4 is 17.6 Å². The quantitative estimate of drug-likeness (QED) is 0.107. The van der Waals surface area contributed by atoms with Crippen LogP contribution in [0.5, 0.6) is 0 Å². The predicted molar refractivity (Wildman–Crippen MR) is 197 cm³/mol. The Kier molecular flexibility index (Phi) is 26.1. The fourth-order valence-electron chi connectivity index (χ4n) is 4.91. The van der Waals surface area contributed by atoms with Gasteiger partial charge in [0.1, 0.15) is 11.8 Å². The van der Waals surface area contributed by atoms with Crippen LogP contribution in [0.15, 0.2) is 42.6 Å². The number of nitrogens with one attached hydrogen (secondary N) is 4. The molecule has 0 radical (unpaired) electrons. The second-order valence-corrected chi connectivity index (χ2v) is 13.4. The molecule has 0 fully saturated rings. The first-order valence-electron chi connectivity index (χ1n) is 18.0. The van der Waals surface area contributed by atoms with Gasteiger partial charge in [0.15, 0.2) is 0 Å². The molecule has 0 aliphatic carbocycles. The third kappa shape index (κ3) is 20.5. The van der Waals surface area contributed by atoms with Crippen molar-refractivity contribution in [3.63, 3.8) is 0 Å². The molecule has 7 heteroatoms. The SMILES string of the molecule is C=C(NC(C(=O)NC(CCC(C)=O)Cc1ccccc1)C(C)C)C(C)CC(C)C.CC.CCC(CC)NNC(=O)C(C)[C@@H](C)CC. The molecule has 0 spiro atoms. The summed E-state index contributed by atoms with van der Waals surface area (Å²) in [7, 11) is 0. The smallest absolute Gasteiger partial charge is 0.242 e. The largest absolute Gasteiger partial charge is 0.377 e. The second-order valence-electron chi connectivity index (χ2n) is 13.4. The maximum Gasteiger partial charge on any atom is 0.242 e. The van der Waals surface area contributed by atoms with Crippen LogP contribution in [0.2, 0.25) is 0 Å². The van der Waals surface area contributed by atoms with E-state index in [-0.39, 0.29) is 41.5 Å². The van der Waals surface area contributed by atoms with Gasteiger partial charge in [-0.25, -0.2) is 5.43 Å². The van der Waals surface area contributed by atoms with Crippen LogP contribution >= 0.6 is 0 Å². The first-order valence-corrected chi connectivity index (χ1v) is 18.0. The van der Waals surface area contributed by atoms with Gasteiger partial charge >= 0.3 is 0 Å². The highest BCUT2D eigenvalue weighted by Crippen LogP contribution is 2.19. The molecule has 0 aromatic heterocycles. The number of rotatable bonds is 20. The van der Waals surface area contributed by atoms with Gasteiger partial charge in [-0.15, -0.1) is 0 Å². The van der Waals surface area contributed by atoms with Gasteiger partial charge in [0.05, 0.1) is 0 Å². The van der Waals surface area contributed by atoms with Gasteiger partial charge in [0, 0.05) is 30.1 Å². The number of carbonyl (C=O) groups is 3. The molecule has 0 heterocycles. The van der Waals surface area contributed by atoms with E-state index in [1.54, 1.807) is 6.92 Å². The molecular formula is C39H72N4O3. The number of Topliss-reactive ketones (excluding diaryl/α,β-unsaturated/α-hetero) is 1. The molecule has 0 bridgehead atoms. The van der Waals surface area contributed by atoms with Crippen LogP contribution < -0.4 is 21.5 Å². The van der Waals surface area contributed by atoms with Crippen LogP contribution in [0.1, 0.15) is 134 Å². The number of allylic oxidation sites excluding steroid dienone is 1. The number of carbonyl (C=O) groups excluding carboxylic acids is 3. The molecule has 0 aliphatic rings. The van der Waals surface area contributed by atoms with Crippen LogP contribution in [0, 0.1) is 29.6 Å². The topological polar surface area (TPSA) is 99.3 Å². The maximum absolute atomic E-state index is 13.1. The Hall–Kier alpha value is -2.67. The Morgan fingerprint density at radius 2 is 1.35 bits per heavy atom. The van der Waals surface area contributed by atoms with E-state index >= 15 is 0 Å². The van der Waals surface area contributed by atoms with Crippen LogP contribution in [-0.2, 0) is 20.8 Å². The highest BCUT2D eigenvalue weighted by atomic mass is 16.2. The molecule has 0 saturated carbocycles. The average Bonchev–Trinajstić information content (AvgIpc) is 3.03. The zero-order valence-electron chi connectivity index (χ0n) is 31.9. The molecule has 266 valence electrons. The Bertz CT molecular complexity index is 959. The van der Waals surface area contributed by atoms with E-state index in [2.05, 4.69) is 88.7 Å². The predicted octanol–water partition coefficient (Wildman–Crippen LogP) is 8.40. The van der Waals surface area contributed by atoms with Crippen molar-refractivity contribution in [1.29, 1.82) is 0 Å². The van der Waals surface area contributed by atoms with Crippen molar-refractivity contribution < 1.29 is 14.4 Å². The van der Waals surface area contributed by atoms with Gasteiger partial charge in [-0.1, -0.05) is 126 Å². The highest BCUT2D eigenvalue weighted by molar-refractivity contribution is 5.83. The van der Waals surface area contributed by atoms with Crippen molar-refractivity contribution in [3.05, 3.63) is 48.2 Å². The normalized spacial score (nSPS) is 14.1. The molecule has 4 N–H and O–H groups in total. The molecule has 1 rings (SSSR count). The Labute approximate surface area is 283 Å². The summed E-state index contributed by atoms with van der Waals surface area (Å²) in [4.78, 5) is 36.3. The molecule has 0 saturated heterocycles. The van der Waals surface area contributed by atoms with Crippen LogP contribution in [-0.4, -0.2) is 35.7 Å². The van der Waals surface area contributed by atoms with Gasteiger partial charge in [0.25, 0.3) is 0 Å². The molecule has 1 aromatic carbocycles. The third-order valence-corrected chi connectivity index (χ3v) is 8.52. The van der Waals surface area contributed by atoms with Crippen molar-refractivity contribution in [1.82, 2.24) is 21.5 Å². The standard InChI is InChI=1S/C25H40N2O2.C12H26N2O.C2H6/c1-17(2)15-19(5)21(7)26-24(18(3)4)25(29)27-23(14-13-20(6)28)16-22-11-9-8-10-12-22;1-6-9(4)10(5)12(15)14-13-11(7-2)8-3;1-2/h8-12,17-19,23-24,26H,7,13-16H2,1-6H3,(H,27,29);9-11,13H,6-8H2,1-5H3,(H,14,15);1-2H3/t;9-,10?;/m.0./s1. The number of hydrogen-bond acceptors (Lipinski definition) is 5. The maximum atomic E-state index is 13.1. The summed E-state index contributed by atoms with van der Waals surface area (Å²) in [6.07, 6.45) is 5.98. The monoisotopic (exact) mass is 645 g/mol. The lowest BCUT2D eigenvalue weighted by atomic mass is 9.93. The van der Waals surface area contributed by atoms with Crippen molar-refractivity contribution in [2.75, 3.05) is 0 Å². The van der Waals surface area contributed by atoms with Gasteiger partial charge in [-0.2, -0.15) is 0 Å². The Morgan fingerprint density at radius 1 is 0.783 bits per heavy atom. The lowest BCUT2D eigenvalue weighted by molar-refractivity contribution is -0.127. The fourth-order valence-corrected chi connectivity index (χ4v) is 4.91. The average molecular weight is 645 g/mol. The molecule has 7 nitrogen and oxygen atoms in total. The van der Waals surface area contributed by atoms with E-state index < -0.39 is 0 Å². The zero-order chi connectivity index (χ0) is 35.8. The van der Waals surface area contributed by atoms with E-state index in [4.69, 9.17) is 0 Å². The summed E-state index contributed by atoms with van der Waals surface area (Å²) in [5.41, 5.74) is 7.96. The van der Waals surface area contributed by atoms with Crippen molar-refractivity contribution in [2.24, 2.45) is 29.6 Å². The Morgan fingerprint density at radius 3 is 1.80 bits per heavy atom. The fraction of sp³-hybridized carbons (Fsp3) is 0.718. The molecule has 4 unspecified atom stereocenters. The number of benzene rings is 1. The van der Waals surface area contributed by atoms with E-state index in [1.165, 1.54) is 0 Å². The summed E-state index contributed by atoms with van der Waals surface area (Å²) in [5.74, 6) is 1.76. The second kappa shape index (κ2) is 26.4. The number of hydrogen-bond donors (Lipinski definition) is 4. The minimum absolute atomic E-state index is 0.0256. The highest BCUT2D eigenvalue weighted by Gasteiger charge is 2.26. The molecule has 46 heavy (non-hydrogen) atoms. The Balaban J connectivity index is 0. The van der Waals surface area contributed by atoms with Gasteiger partial charge < -0.3 is 15.4 Å². The van der Waals surface area contributed by atoms with Crippen molar-refractivity contribution in [2.45, 2.75) is 153 Å². The first kappa shape index (κ1) is 45.5. The summed E-state index contributed by atoms with van der Waals surface area (Å²) in [6, 6.07) is 10.1. The molecule has 1 aromatic rings. The first-order chi connectivity index (χ1) is 21.7. The van der Waals surface area contributed by atoms with E-state index in [0.717, 1.165) is 43.4 Å². The lowest BCUT2D eigenvalue weighted by Gasteiger charge is -2.29. The summed E-state index contributed by atoms with van der Waals surface area (Å²) >= 11 is 0. The lowest BCUT2D eigenvalue weighted by Crippen LogP contribution is -2.51. The van der Waals surface area contributed by atoms with Crippen molar-refractivity contribution in [3.8, 4) is 0 Å². The van der Waals surface area contributed by atoms with Crippen LogP contribution in [0.3, 0.4) is 0 Å². The minimum atomic E-state index is -0.340. The van der Waals surface area contributed by atoms with Crippen LogP contribution in [0.25, 0.3) is 0 Å². The summed E-state index contributed by atoms with van der Waals surface area (Å²) < 4.78 is 0. The van der Waals surface area contributed by atoms with Gasteiger partial charge in [-0.3, -0.25) is 15.0 Å². The van der Waals surface area contributed by atoms with Gasteiger partial charge in [0.2, 0.25) is 11.8 Å². The molecule has 0 aliphatic heterocycles. The van der Waals surface area contributed by atoms with E-state index in [0.29, 0.717) is 36.6 Å². The van der Waals surface area contributed by atoms with E-state index in [9.17, 15) is 14.4 Å². The number of hydrazine groups is 1. The number of amides is 2. The summed E-state index contributed by atoms with van der Waals surface area (Å²) in [6.45, 7) is 30.8. The minimum Gasteiger partial charge on any atom is -0.377 e. The molecule has 5 atom stereocenters.